The molecule has 0 radical (unpaired) electrons. The van der Waals surface area contributed by atoms with Crippen LogP contribution < -0.4 is 14.2 Å². The van der Waals surface area contributed by atoms with Crippen LogP contribution in [0.1, 0.15) is 37.4 Å². The summed E-state index contributed by atoms with van der Waals surface area (Å²) in [5.74, 6) is -0.467. The highest BCUT2D eigenvalue weighted by atomic mass is 32.2. The SMILES string of the molecule is COc1ccc(C(=O)COC(=O)c2ccccc2NS(=O)(=O)c2c(C)cc(C)cc2C)cc1OC. The number of carbonyl (C=O) groups excluding carboxylic acids is 2. The Hall–Kier alpha value is -3.85. The van der Waals surface area contributed by atoms with Crippen LogP contribution in [0.4, 0.5) is 5.69 Å². The number of aryl methyl sites for hydroxylation is 3. The Balaban J connectivity index is 1.79. The van der Waals surface area contributed by atoms with E-state index in [1.807, 2.05) is 6.92 Å². The molecule has 0 unspecified atom stereocenters. The smallest absolute Gasteiger partial charge is 0.340 e. The number of benzene rings is 3. The lowest BCUT2D eigenvalue weighted by atomic mass is 10.1. The average molecular weight is 498 g/mol. The number of hydrogen-bond donors (Lipinski definition) is 1. The third-order valence-electron chi connectivity index (χ3n) is 5.30. The van der Waals surface area contributed by atoms with Crippen molar-refractivity contribution in [3.05, 3.63) is 82.4 Å². The number of methoxy groups -OCH3 is 2. The molecular formula is C26H27NO7S. The summed E-state index contributed by atoms with van der Waals surface area (Å²) >= 11 is 0. The maximum atomic E-state index is 13.2. The number of Topliss-reactive ketones (excluding diaryl/α,β-unsaturated/α-hetero) is 1. The van der Waals surface area contributed by atoms with Crippen LogP contribution in [-0.4, -0.2) is 41.0 Å². The first-order valence-electron chi connectivity index (χ1n) is 10.7. The van der Waals surface area contributed by atoms with Gasteiger partial charge in [-0.2, -0.15) is 0 Å². The van der Waals surface area contributed by atoms with Crippen LogP contribution in [0.3, 0.4) is 0 Å². The van der Waals surface area contributed by atoms with E-state index in [4.69, 9.17) is 14.2 Å². The molecule has 9 heteroatoms. The summed E-state index contributed by atoms with van der Waals surface area (Å²) in [5.41, 5.74) is 2.44. The van der Waals surface area contributed by atoms with Gasteiger partial charge in [0.1, 0.15) is 0 Å². The molecule has 184 valence electrons. The second-order valence-electron chi connectivity index (χ2n) is 7.95. The fourth-order valence-corrected chi connectivity index (χ4v) is 5.37. The van der Waals surface area contributed by atoms with E-state index in [9.17, 15) is 18.0 Å². The van der Waals surface area contributed by atoms with Crippen LogP contribution in [0, 0.1) is 20.8 Å². The lowest BCUT2D eigenvalue weighted by Gasteiger charge is -2.16. The summed E-state index contributed by atoms with van der Waals surface area (Å²) in [6.45, 7) is 4.78. The Morgan fingerprint density at radius 2 is 1.49 bits per heavy atom. The zero-order chi connectivity index (χ0) is 25.8. The fraction of sp³-hybridized carbons (Fsp3) is 0.231. The number of rotatable bonds is 9. The summed E-state index contributed by atoms with van der Waals surface area (Å²) in [6, 6.07) is 14.2. The number of para-hydroxylation sites is 1. The molecule has 0 aliphatic rings. The zero-order valence-corrected chi connectivity index (χ0v) is 21.0. The van der Waals surface area contributed by atoms with Gasteiger partial charge in [-0.3, -0.25) is 9.52 Å². The van der Waals surface area contributed by atoms with E-state index in [0.717, 1.165) is 5.56 Å². The van der Waals surface area contributed by atoms with Crippen molar-refractivity contribution in [2.24, 2.45) is 0 Å². The molecule has 1 N–H and O–H groups in total. The topological polar surface area (TPSA) is 108 Å². The first-order valence-corrected chi connectivity index (χ1v) is 12.2. The molecule has 3 aromatic carbocycles. The van der Waals surface area contributed by atoms with E-state index < -0.39 is 28.4 Å². The Morgan fingerprint density at radius 3 is 2.11 bits per heavy atom. The predicted octanol–water partition coefficient (Wildman–Crippen LogP) is 4.47. The van der Waals surface area contributed by atoms with E-state index in [1.54, 1.807) is 44.2 Å². The minimum Gasteiger partial charge on any atom is -0.493 e. The summed E-state index contributed by atoms with van der Waals surface area (Å²) < 4.78 is 44.3. The number of ketones is 1. The second kappa shape index (κ2) is 10.6. The van der Waals surface area contributed by atoms with Crippen molar-refractivity contribution >= 4 is 27.5 Å². The number of hydrogen-bond acceptors (Lipinski definition) is 7. The van der Waals surface area contributed by atoms with Gasteiger partial charge in [-0.1, -0.05) is 29.8 Å². The normalized spacial score (nSPS) is 11.0. The largest absolute Gasteiger partial charge is 0.493 e. The predicted molar refractivity (Wildman–Crippen MR) is 132 cm³/mol. The number of anilines is 1. The van der Waals surface area contributed by atoms with Crippen molar-refractivity contribution < 1.29 is 32.2 Å². The molecular weight excluding hydrogens is 470 g/mol. The highest BCUT2D eigenvalue weighted by molar-refractivity contribution is 7.92. The van der Waals surface area contributed by atoms with Gasteiger partial charge in [-0.05, 0) is 62.2 Å². The van der Waals surface area contributed by atoms with Crippen LogP contribution >= 0.6 is 0 Å². The third-order valence-corrected chi connectivity index (χ3v) is 6.97. The third kappa shape index (κ3) is 5.81. The number of nitrogens with one attached hydrogen (secondary N) is 1. The van der Waals surface area contributed by atoms with Crippen LogP contribution in [0.15, 0.2) is 59.5 Å². The van der Waals surface area contributed by atoms with Crippen molar-refractivity contribution in [2.75, 3.05) is 25.5 Å². The molecule has 3 aromatic rings. The minimum atomic E-state index is -3.99. The summed E-state index contributed by atoms with van der Waals surface area (Å²) in [5, 5.41) is 0. The molecule has 3 rings (SSSR count). The van der Waals surface area contributed by atoms with Gasteiger partial charge in [0.25, 0.3) is 10.0 Å². The molecule has 0 saturated heterocycles. The fourth-order valence-electron chi connectivity index (χ4n) is 3.84. The van der Waals surface area contributed by atoms with Crippen molar-refractivity contribution in [2.45, 2.75) is 25.7 Å². The molecule has 0 aromatic heterocycles. The van der Waals surface area contributed by atoms with Crippen molar-refractivity contribution in [3.63, 3.8) is 0 Å². The summed E-state index contributed by atoms with van der Waals surface area (Å²) in [4.78, 5) is 25.5. The lowest BCUT2D eigenvalue weighted by molar-refractivity contribution is 0.0475. The quantitative estimate of drug-likeness (QED) is 0.343. The van der Waals surface area contributed by atoms with Gasteiger partial charge >= 0.3 is 5.97 Å². The molecule has 0 saturated carbocycles. The van der Waals surface area contributed by atoms with E-state index >= 15 is 0 Å². The van der Waals surface area contributed by atoms with Gasteiger partial charge in [-0.25, -0.2) is 13.2 Å². The minimum absolute atomic E-state index is 0.0152. The summed E-state index contributed by atoms with van der Waals surface area (Å²) in [6.07, 6.45) is 0. The molecule has 0 heterocycles. The summed E-state index contributed by atoms with van der Waals surface area (Å²) in [7, 11) is -1.06. The van der Waals surface area contributed by atoms with E-state index in [-0.39, 0.29) is 21.7 Å². The highest BCUT2D eigenvalue weighted by Crippen LogP contribution is 2.28. The number of carbonyl (C=O) groups is 2. The molecule has 0 fully saturated rings. The van der Waals surface area contributed by atoms with E-state index in [0.29, 0.717) is 22.6 Å². The highest BCUT2D eigenvalue weighted by Gasteiger charge is 2.23. The number of ether oxygens (including phenoxy) is 3. The van der Waals surface area contributed by atoms with Crippen molar-refractivity contribution in [1.29, 1.82) is 0 Å². The molecule has 0 spiro atoms. The molecule has 0 atom stereocenters. The second-order valence-corrected chi connectivity index (χ2v) is 9.57. The monoisotopic (exact) mass is 497 g/mol. The molecule has 0 aliphatic carbocycles. The molecule has 0 amide bonds. The van der Waals surface area contributed by atoms with E-state index in [2.05, 4.69) is 4.72 Å². The van der Waals surface area contributed by atoms with E-state index in [1.165, 1.54) is 38.5 Å². The standard InChI is InChI=1S/C26H27NO7S/c1-16-12-17(2)25(18(3)13-16)35(30,31)27-21-9-7-6-8-20(21)26(29)34-15-22(28)19-10-11-23(32-4)24(14-19)33-5/h6-14,27H,15H2,1-5H3. The van der Waals surface area contributed by atoms with Gasteiger partial charge in [0.05, 0.1) is 30.4 Å². The molecule has 0 bridgehead atoms. The molecule has 0 aliphatic heterocycles. The Bertz CT molecular complexity index is 1360. The Kier molecular flexibility index (Phi) is 7.81. The van der Waals surface area contributed by atoms with Gasteiger partial charge in [0, 0.05) is 5.56 Å². The Morgan fingerprint density at radius 1 is 0.857 bits per heavy atom. The van der Waals surface area contributed by atoms with Crippen LogP contribution in [0.25, 0.3) is 0 Å². The number of sulfonamides is 1. The zero-order valence-electron chi connectivity index (χ0n) is 20.2. The maximum Gasteiger partial charge on any atom is 0.340 e. The van der Waals surface area contributed by atoms with Gasteiger partial charge in [0.2, 0.25) is 0 Å². The molecule has 8 nitrogen and oxygen atoms in total. The maximum absolute atomic E-state index is 13.2. The first kappa shape index (κ1) is 25.8. The van der Waals surface area contributed by atoms with Gasteiger partial charge in [0.15, 0.2) is 23.9 Å². The van der Waals surface area contributed by atoms with Gasteiger partial charge in [-0.15, -0.1) is 0 Å². The van der Waals surface area contributed by atoms with Crippen LogP contribution in [-0.2, 0) is 14.8 Å². The Labute approximate surface area is 204 Å². The molecule has 35 heavy (non-hydrogen) atoms. The van der Waals surface area contributed by atoms with Crippen molar-refractivity contribution in [1.82, 2.24) is 0 Å². The van der Waals surface area contributed by atoms with Gasteiger partial charge < -0.3 is 14.2 Å². The average Bonchev–Trinajstić information content (AvgIpc) is 2.81. The lowest BCUT2D eigenvalue weighted by Crippen LogP contribution is -2.19. The van der Waals surface area contributed by atoms with Crippen LogP contribution in [0.5, 0.6) is 11.5 Å². The first-order chi connectivity index (χ1) is 16.6. The van der Waals surface area contributed by atoms with Crippen LogP contribution in [0.2, 0.25) is 0 Å². The van der Waals surface area contributed by atoms with Crippen molar-refractivity contribution in [3.8, 4) is 11.5 Å². The number of esters is 1.